The SMILES string of the molecule is CN1CCC(c2c(C(N)=O)cccc2[N+](=O)[O-])CC1. The molecule has 1 saturated heterocycles. The molecular weight excluding hydrogens is 246 g/mol. The van der Waals surface area contributed by atoms with Gasteiger partial charge in [-0.1, -0.05) is 6.07 Å². The van der Waals surface area contributed by atoms with E-state index in [1.807, 2.05) is 7.05 Å². The van der Waals surface area contributed by atoms with Crippen molar-refractivity contribution in [3.05, 3.63) is 39.4 Å². The second-order valence-corrected chi connectivity index (χ2v) is 4.94. The van der Waals surface area contributed by atoms with E-state index in [1.54, 1.807) is 6.07 Å². The molecule has 6 nitrogen and oxygen atoms in total. The zero-order chi connectivity index (χ0) is 14.0. The minimum Gasteiger partial charge on any atom is -0.366 e. The minimum absolute atomic E-state index is 0.00542. The Labute approximate surface area is 111 Å². The van der Waals surface area contributed by atoms with E-state index < -0.39 is 10.8 Å². The fourth-order valence-electron chi connectivity index (χ4n) is 2.65. The van der Waals surface area contributed by atoms with Gasteiger partial charge in [0.1, 0.15) is 0 Å². The number of carbonyl (C=O) groups excluding carboxylic acids is 1. The summed E-state index contributed by atoms with van der Waals surface area (Å²) in [7, 11) is 2.02. The molecule has 0 saturated carbocycles. The number of primary amides is 1. The maximum atomic E-state index is 11.5. The lowest BCUT2D eigenvalue weighted by molar-refractivity contribution is -0.385. The number of benzene rings is 1. The van der Waals surface area contributed by atoms with Crippen LogP contribution in [0.2, 0.25) is 0 Å². The van der Waals surface area contributed by atoms with Gasteiger partial charge in [-0.2, -0.15) is 0 Å². The number of nitrogens with two attached hydrogens (primary N) is 1. The molecular formula is C13H17N3O3. The summed E-state index contributed by atoms with van der Waals surface area (Å²) in [5.41, 5.74) is 6.14. The molecule has 1 heterocycles. The van der Waals surface area contributed by atoms with Gasteiger partial charge in [0.05, 0.1) is 4.92 Å². The summed E-state index contributed by atoms with van der Waals surface area (Å²) >= 11 is 0. The summed E-state index contributed by atoms with van der Waals surface area (Å²) in [5.74, 6) is -0.571. The fourth-order valence-corrected chi connectivity index (χ4v) is 2.65. The van der Waals surface area contributed by atoms with Crippen LogP contribution in [0.4, 0.5) is 5.69 Å². The number of rotatable bonds is 3. The largest absolute Gasteiger partial charge is 0.366 e. The Morgan fingerprint density at radius 3 is 2.58 bits per heavy atom. The lowest BCUT2D eigenvalue weighted by Crippen LogP contribution is -2.30. The second kappa shape index (κ2) is 5.36. The van der Waals surface area contributed by atoms with Crippen molar-refractivity contribution in [3.63, 3.8) is 0 Å². The van der Waals surface area contributed by atoms with Gasteiger partial charge < -0.3 is 10.6 Å². The van der Waals surface area contributed by atoms with E-state index in [-0.39, 0.29) is 17.2 Å². The molecule has 2 rings (SSSR count). The molecule has 1 aromatic carbocycles. The molecule has 0 aliphatic carbocycles. The number of hydrogen-bond donors (Lipinski definition) is 1. The average molecular weight is 263 g/mol. The van der Waals surface area contributed by atoms with Gasteiger partial charge in [0.15, 0.2) is 0 Å². The summed E-state index contributed by atoms with van der Waals surface area (Å²) in [6.07, 6.45) is 1.61. The first-order valence-corrected chi connectivity index (χ1v) is 6.26. The number of nitro benzene ring substituents is 1. The van der Waals surface area contributed by atoms with Crippen LogP contribution in [-0.2, 0) is 0 Å². The van der Waals surface area contributed by atoms with Gasteiger partial charge in [-0.25, -0.2) is 0 Å². The second-order valence-electron chi connectivity index (χ2n) is 4.94. The van der Waals surface area contributed by atoms with E-state index in [4.69, 9.17) is 5.73 Å². The quantitative estimate of drug-likeness (QED) is 0.661. The molecule has 1 fully saturated rings. The van der Waals surface area contributed by atoms with Crippen LogP contribution >= 0.6 is 0 Å². The molecule has 6 heteroatoms. The van der Waals surface area contributed by atoms with Crippen molar-refractivity contribution >= 4 is 11.6 Å². The van der Waals surface area contributed by atoms with Gasteiger partial charge in [-0.3, -0.25) is 14.9 Å². The molecule has 0 radical (unpaired) electrons. The predicted octanol–water partition coefficient (Wildman–Crippen LogP) is 1.50. The van der Waals surface area contributed by atoms with Crippen LogP contribution in [-0.4, -0.2) is 35.9 Å². The van der Waals surface area contributed by atoms with Crippen molar-refractivity contribution in [1.82, 2.24) is 4.90 Å². The van der Waals surface area contributed by atoms with Crippen molar-refractivity contribution in [2.24, 2.45) is 5.73 Å². The molecule has 0 unspecified atom stereocenters. The third kappa shape index (κ3) is 2.73. The van der Waals surface area contributed by atoms with Crippen molar-refractivity contribution in [2.75, 3.05) is 20.1 Å². The smallest absolute Gasteiger partial charge is 0.273 e. The first-order valence-electron chi connectivity index (χ1n) is 6.26. The van der Waals surface area contributed by atoms with Crippen molar-refractivity contribution < 1.29 is 9.72 Å². The van der Waals surface area contributed by atoms with E-state index in [0.29, 0.717) is 5.56 Å². The number of hydrogen-bond acceptors (Lipinski definition) is 4. The third-order valence-electron chi connectivity index (χ3n) is 3.67. The number of nitro groups is 1. The number of nitrogens with zero attached hydrogens (tertiary/aromatic N) is 2. The minimum atomic E-state index is -0.599. The summed E-state index contributed by atoms with van der Waals surface area (Å²) < 4.78 is 0. The Kier molecular flexibility index (Phi) is 3.80. The summed E-state index contributed by atoms with van der Waals surface area (Å²) in [6.45, 7) is 1.74. The highest BCUT2D eigenvalue weighted by molar-refractivity contribution is 5.95. The standard InChI is InChI=1S/C13H17N3O3/c1-15-7-5-9(6-8-15)12-10(13(14)17)3-2-4-11(12)16(18)19/h2-4,9H,5-8H2,1H3,(H2,14,17). The van der Waals surface area contributed by atoms with Crippen molar-refractivity contribution in [1.29, 1.82) is 0 Å². The Hall–Kier alpha value is -1.95. The summed E-state index contributed by atoms with van der Waals surface area (Å²) in [5, 5.41) is 11.1. The third-order valence-corrected chi connectivity index (χ3v) is 3.67. The Morgan fingerprint density at radius 2 is 2.05 bits per heavy atom. The van der Waals surface area contributed by atoms with Crippen molar-refractivity contribution in [2.45, 2.75) is 18.8 Å². The summed E-state index contributed by atoms with van der Waals surface area (Å²) in [4.78, 5) is 24.4. The maximum Gasteiger partial charge on any atom is 0.273 e. The van der Waals surface area contributed by atoms with Gasteiger partial charge in [-0.15, -0.1) is 0 Å². The number of amides is 1. The van der Waals surface area contributed by atoms with E-state index in [9.17, 15) is 14.9 Å². The van der Waals surface area contributed by atoms with Crippen LogP contribution in [0.25, 0.3) is 0 Å². The van der Waals surface area contributed by atoms with Gasteiger partial charge in [0.2, 0.25) is 5.91 Å². The van der Waals surface area contributed by atoms with E-state index in [2.05, 4.69) is 4.90 Å². The topological polar surface area (TPSA) is 89.5 Å². The van der Waals surface area contributed by atoms with Gasteiger partial charge in [-0.05, 0) is 45.0 Å². The lowest BCUT2D eigenvalue weighted by Gasteiger charge is -2.29. The monoisotopic (exact) mass is 263 g/mol. The molecule has 1 aliphatic heterocycles. The van der Waals surface area contributed by atoms with Crippen LogP contribution in [0.3, 0.4) is 0 Å². The molecule has 0 spiro atoms. The highest BCUT2D eigenvalue weighted by atomic mass is 16.6. The normalized spacial score (nSPS) is 17.3. The molecule has 102 valence electrons. The zero-order valence-corrected chi connectivity index (χ0v) is 10.8. The van der Waals surface area contributed by atoms with Gasteiger partial charge in [0.25, 0.3) is 5.69 Å². The van der Waals surface area contributed by atoms with Crippen LogP contribution in [0.5, 0.6) is 0 Å². The zero-order valence-electron chi connectivity index (χ0n) is 10.8. The fraction of sp³-hybridized carbons (Fsp3) is 0.462. The Morgan fingerprint density at radius 1 is 1.42 bits per heavy atom. The molecule has 1 aliphatic rings. The number of likely N-dealkylation sites (tertiary alicyclic amines) is 1. The molecule has 0 aromatic heterocycles. The Balaban J connectivity index is 2.46. The molecule has 1 aromatic rings. The first-order chi connectivity index (χ1) is 9.00. The van der Waals surface area contributed by atoms with Gasteiger partial charge >= 0.3 is 0 Å². The molecule has 1 amide bonds. The Bertz CT molecular complexity index is 476. The highest BCUT2D eigenvalue weighted by Gasteiger charge is 2.29. The lowest BCUT2D eigenvalue weighted by atomic mass is 9.85. The molecule has 2 N–H and O–H groups in total. The van der Waals surface area contributed by atoms with Gasteiger partial charge in [0, 0.05) is 17.2 Å². The van der Waals surface area contributed by atoms with E-state index >= 15 is 0 Å². The average Bonchev–Trinajstić information content (AvgIpc) is 2.38. The number of piperidine rings is 1. The van der Waals surface area contributed by atoms with Crippen LogP contribution in [0, 0.1) is 10.1 Å². The first kappa shape index (κ1) is 13.5. The molecule has 0 bridgehead atoms. The summed E-state index contributed by atoms with van der Waals surface area (Å²) in [6, 6.07) is 4.53. The highest BCUT2D eigenvalue weighted by Crippen LogP contribution is 2.36. The van der Waals surface area contributed by atoms with Crippen molar-refractivity contribution in [3.8, 4) is 0 Å². The van der Waals surface area contributed by atoms with E-state index in [0.717, 1.165) is 25.9 Å². The molecule has 0 atom stereocenters. The van der Waals surface area contributed by atoms with Crippen LogP contribution in [0.15, 0.2) is 18.2 Å². The predicted molar refractivity (Wildman–Crippen MR) is 71.1 cm³/mol. The maximum absolute atomic E-state index is 11.5. The van der Waals surface area contributed by atoms with Crippen LogP contribution in [0.1, 0.15) is 34.7 Å². The van der Waals surface area contributed by atoms with E-state index in [1.165, 1.54) is 12.1 Å². The van der Waals surface area contributed by atoms with Crippen LogP contribution < -0.4 is 5.73 Å². The number of carbonyl (C=O) groups is 1. The molecule has 19 heavy (non-hydrogen) atoms.